The molecule has 238 valence electrons. The summed E-state index contributed by atoms with van der Waals surface area (Å²) in [6.07, 6.45) is 0.651. The molecule has 0 bridgehead atoms. The fourth-order valence-corrected chi connectivity index (χ4v) is 7.16. The van der Waals surface area contributed by atoms with Gasteiger partial charge in [0.05, 0.1) is 38.0 Å². The number of hydrogen-bond acceptors (Lipinski definition) is 6. The number of rotatable bonds is 13. The van der Waals surface area contributed by atoms with Gasteiger partial charge in [-0.15, -0.1) is 0 Å². The Morgan fingerprint density at radius 1 is 1.00 bits per heavy atom. The summed E-state index contributed by atoms with van der Waals surface area (Å²) in [4.78, 5) is 29.0. The second-order valence-electron chi connectivity index (χ2n) is 11.8. The summed E-state index contributed by atoms with van der Waals surface area (Å²) >= 11 is 6.44. The van der Waals surface area contributed by atoms with Crippen LogP contribution in [0.3, 0.4) is 0 Å². The SMILES string of the molecule is CC1=C(C(=O)O)C(c2cccc(Cl)c2)C(CCC(c2ccccc2)c2ccccc2)(C(=O)O)C(COCCN2CCOCC2)N1. The van der Waals surface area contributed by atoms with Gasteiger partial charge >= 0.3 is 11.9 Å². The molecule has 2 aliphatic rings. The van der Waals surface area contributed by atoms with Crippen molar-refractivity contribution in [1.82, 2.24) is 10.2 Å². The summed E-state index contributed by atoms with van der Waals surface area (Å²) in [5, 5.41) is 25.5. The molecule has 9 heteroatoms. The van der Waals surface area contributed by atoms with E-state index in [1.807, 2.05) is 36.4 Å². The molecular weight excluding hydrogens is 592 g/mol. The lowest BCUT2D eigenvalue weighted by Crippen LogP contribution is -2.59. The van der Waals surface area contributed by atoms with Crippen molar-refractivity contribution in [2.75, 3.05) is 46.1 Å². The number of carbonyl (C=O) groups is 2. The summed E-state index contributed by atoms with van der Waals surface area (Å²) in [5.41, 5.74) is 1.57. The summed E-state index contributed by atoms with van der Waals surface area (Å²) < 4.78 is 11.7. The van der Waals surface area contributed by atoms with E-state index in [1.54, 1.807) is 31.2 Å². The molecule has 3 atom stereocenters. The van der Waals surface area contributed by atoms with E-state index in [1.165, 1.54) is 0 Å². The highest BCUT2D eigenvalue weighted by Gasteiger charge is 2.57. The lowest BCUT2D eigenvalue weighted by Gasteiger charge is -2.48. The Kier molecular flexibility index (Phi) is 10.9. The second-order valence-corrected chi connectivity index (χ2v) is 12.3. The monoisotopic (exact) mass is 632 g/mol. The number of hydrogen-bond donors (Lipinski definition) is 3. The first-order valence-electron chi connectivity index (χ1n) is 15.5. The van der Waals surface area contributed by atoms with Gasteiger partial charge in [-0.3, -0.25) is 9.69 Å². The van der Waals surface area contributed by atoms with Gasteiger partial charge in [-0.1, -0.05) is 84.4 Å². The van der Waals surface area contributed by atoms with Gasteiger partial charge in [0.15, 0.2) is 0 Å². The molecule has 1 fully saturated rings. The molecule has 2 heterocycles. The van der Waals surface area contributed by atoms with Crippen molar-refractivity contribution in [3.8, 4) is 0 Å². The molecule has 0 aromatic heterocycles. The van der Waals surface area contributed by atoms with Gasteiger partial charge in [0.2, 0.25) is 0 Å². The predicted octanol–water partition coefficient (Wildman–Crippen LogP) is 5.79. The first-order chi connectivity index (χ1) is 21.8. The van der Waals surface area contributed by atoms with Crippen LogP contribution in [0.1, 0.15) is 48.3 Å². The second kappa shape index (κ2) is 15.1. The number of nitrogens with one attached hydrogen (secondary N) is 1. The molecule has 3 N–H and O–H groups in total. The van der Waals surface area contributed by atoms with Crippen molar-refractivity contribution in [2.45, 2.75) is 37.6 Å². The Bertz CT molecular complexity index is 1440. The molecule has 0 spiro atoms. The van der Waals surface area contributed by atoms with Crippen LogP contribution in [0.15, 0.2) is 96.2 Å². The molecule has 45 heavy (non-hydrogen) atoms. The Morgan fingerprint density at radius 3 is 2.22 bits per heavy atom. The van der Waals surface area contributed by atoms with Crippen LogP contribution in [-0.4, -0.2) is 79.2 Å². The van der Waals surface area contributed by atoms with Gasteiger partial charge in [0.25, 0.3) is 0 Å². The standard InChI is InChI=1S/C36H41ClN2O6/c1-25-32(34(40)41)33(28-13-8-14-29(37)23-28)36(35(42)43,31(38-25)24-45-22-19-39-17-20-44-21-18-39)16-15-30(26-9-4-2-5-10-26)27-11-6-3-7-12-27/h2-14,23,30-31,33,38H,15-22,24H2,1H3,(H,40,41)(H,42,43). The molecule has 0 saturated carbocycles. The number of halogens is 1. The lowest BCUT2D eigenvalue weighted by atomic mass is 9.59. The van der Waals surface area contributed by atoms with Crippen LogP contribution in [-0.2, 0) is 19.1 Å². The van der Waals surface area contributed by atoms with Gasteiger partial charge in [-0.05, 0) is 48.6 Å². The smallest absolute Gasteiger partial charge is 0.333 e. The maximum Gasteiger partial charge on any atom is 0.333 e. The third kappa shape index (κ3) is 7.42. The van der Waals surface area contributed by atoms with Crippen LogP contribution >= 0.6 is 11.6 Å². The molecule has 3 aromatic rings. The molecule has 3 unspecified atom stereocenters. The highest BCUT2D eigenvalue weighted by atomic mass is 35.5. The maximum absolute atomic E-state index is 13.8. The van der Waals surface area contributed by atoms with Gasteiger partial charge in [-0.2, -0.15) is 0 Å². The maximum atomic E-state index is 13.8. The van der Waals surface area contributed by atoms with E-state index >= 15 is 0 Å². The average molecular weight is 633 g/mol. The molecule has 2 aliphatic heterocycles. The fourth-order valence-electron chi connectivity index (χ4n) is 6.96. The van der Waals surface area contributed by atoms with Crippen molar-refractivity contribution in [3.05, 3.63) is 118 Å². The van der Waals surface area contributed by atoms with Crippen LogP contribution in [0.2, 0.25) is 5.02 Å². The van der Waals surface area contributed by atoms with Gasteiger partial charge < -0.3 is 25.0 Å². The molecule has 8 nitrogen and oxygen atoms in total. The molecule has 3 aromatic carbocycles. The molecule has 0 aliphatic carbocycles. The van der Waals surface area contributed by atoms with E-state index in [2.05, 4.69) is 34.5 Å². The van der Waals surface area contributed by atoms with Gasteiger partial charge in [0, 0.05) is 42.2 Å². The molecule has 0 radical (unpaired) electrons. The molecule has 5 rings (SSSR count). The lowest BCUT2D eigenvalue weighted by molar-refractivity contribution is -0.155. The first-order valence-corrected chi connectivity index (χ1v) is 15.9. The number of ether oxygens (including phenoxy) is 2. The zero-order chi connectivity index (χ0) is 31.8. The summed E-state index contributed by atoms with van der Waals surface area (Å²) in [6, 6.07) is 26.3. The van der Waals surface area contributed by atoms with Crippen molar-refractivity contribution in [2.24, 2.45) is 5.41 Å². The molecule has 0 amide bonds. The van der Waals surface area contributed by atoms with Crippen LogP contribution in [0.4, 0.5) is 0 Å². The summed E-state index contributed by atoms with van der Waals surface area (Å²) in [7, 11) is 0. The number of benzene rings is 3. The minimum Gasteiger partial charge on any atom is -0.481 e. The van der Waals surface area contributed by atoms with E-state index in [-0.39, 0.29) is 24.5 Å². The number of carboxylic acid groups (broad SMARTS) is 2. The minimum atomic E-state index is -1.57. The van der Waals surface area contributed by atoms with Crippen molar-refractivity contribution < 1.29 is 29.3 Å². The third-order valence-corrected chi connectivity index (χ3v) is 9.46. The fraction of sp³-hybridized carbons (Fsp3) is 0.389. The van der Waals surface area contributed by atoms with Gasteiger partial charge in [0.1, 0.15) is 5.41 Å². The van der Waals surface area contributed by atoms with Crippen LogP contribution in [0, 0.1) is 5.41 Å². The van der Waals surface area contributed by atoms with E-state index in [9.17, 15) is 19.8 Å². The number of allylic oxidation sites excluding steroid dienone is 1. The van der Waals surface area contributed by atoms with Crippen LogP contribution < -0.4 is 5.32 Å². The molecular formula is C36H41ClN2O6. The predicted molar refractivity (Wildman–Crippen MR) is 174 cm³/mol. The Morgan fingerprint density at radius 2 is 1.64 bits per heavy atom. The normalized spacial score (nSPS) is 22.3. The average Bonchev–Trinajstić information content (AvgIpc) is 3.05. The van der Waals surface area contributed by atoms with E-state index in [0.717, 1.165) is 24.2 Å². The molecule has 1 saturated heterocycles. The number of aliphatic carboxylic acids is 2. The van der Waals surface area contributed by atoms with E-state index in [0.29, 0.717) is 49.1 Å². The summed E-state index contributed by atoms with van der Waals surface area (Å²) in [6.45, 7) is 5.92. The quantitative estimate of drug-likeness (QED) is 0.203. The Labute approximate surface area is 269 Å². The zero-order valence-corrected chi connectivity index (χ0v) is 26.3. The highest BCUT2D eigenvalue weighted by molar-refractivity contribution is 6.30. The Balaban J connectivity index is 1.55. The highest BCUT2D eigenvalue weighted by Crippen LogP contribution is 2.52. The summed E-state index contributed by atoms with van der Waals surface area (Å²) in [5.74, 6) is -3.32. The number of nitrogens with zero attached hydrogens (tertiary/aromatic N) is 1. The third-order valence-electron chi connectivity index (χ3n) is 9.22. The Hall–Kier alpha value is -3.69. The van der Waals surface area contributed by atoms with Crippen molar-refractivity contribution in [1.29, 1.82) is 0 Å². The van der Waals surface area contributed by atoms with Crippen molar-refractivity contribution in [3.63, 3.8) is 0 Å². The zero-order valence-electron chi connectivity index (χ0n) is 25.5. The minimum absolute atomic E-state index is 0.0280. The first kappa shape index (κ1) is 32.7. The van der Waals surface area contributed by atoms with Crippen molar-refractivity contribution >= 4 is 23.5 Å². The number of morpholine rings is 1. The number of carboxylic acids is 2. The van der Waals surface area contributed by atoms with Gasteiger partial charge in [-0.25, -0.2) is 4.79 Å². The van der Waals surface area contributed by atoms with E-state index < -0.39 is 29.3 Å². The van der Waals surface area contributed by atoms with Crippen LogP contribution in [0.25, 0.3) is 0 Å². The van der Waals surface area contributed by atoms with E-state index in [4.69, 9.17) is 21.1 Å². The largest absolute Gasteiger partial charge is 0.481 e. The van der Waals surface area contributed by atoms with Crippen LogP contribution in [0.5, 0.6) is 0 Å². The topological polar surface area (TPSA) is 108 Å².